The first kappa shape index (κ1) is 8.78. The second-order valence-corrected chi connectivity index (χ2v) is 1.67. The number of methoxy groups -OCH3 is 1. The van der Waals surface area contributed by atoms with Gasteiger partial charge in [0.25, 0.3) is 6.43 Å². The van der Waals surface area contributed by atoms with Crippen LogP contribution in [0.5, 0.6) is 0 Å². The second-order valence-electron chi connectivity index (χ2n) is 1.67. The molecule has 0 aromatic heterocycles. The molecule has 0 saturated carbocycles. The highest BCUT2D eigenvalue weighted by atomic mass is 19.3. The lowest BCUT2D eigenvalue weighted by molar-refractivity contribution is -0.0300. The van der Waals surface area contributed by atoms with Crippen LogP contribution >= 0.6 is 0 Å². The van der Waals surface area contributed by atoms with Gasteiger partial charge in [0.05, 0.1) is 0 Å². The SMILES string of the molecule is CNC[C@@H](OC)C(F)F. The normalized spacial score (nSPS) is 14.3. The van der Waals surface area contributed by atoms with Crippen LogP contribution < -0.4 is 5.32 Å². The van der Waals surface area contributed by atoms with Gasteiger partial charge >= 0.3 is 0 Å². The van der Waals surface area contributed by atoms with Crippen molar-refractivity contribution in [1.29, 1.82) is 0 Å². The van der Waals surface area contributed by atoms with Crippen LogP contribution in [0.3, 0.4) is 0 Å². The number of ether oxygens (including phenoxy) is 1. The van der Waals surface area contributed by atoms with Gasteiger partial charge in [-0.05, 0) is 7.05 Å². The summed E-state index contributed by atoms with van der Waals surface area (Å²) in [6.07, 6.45) is -3.38. The van der Waals surface area contributed by atoms with Crippen molar-refractivity contribution in [2.24, 2.45) is 0 Å². The standard InChI is InChI=1S/C5H11F2NO/c1-8-3-4(9-2)5(6)7/h4-5,8H,3H2,1-2H3/t4-/m1/s1. The van der Waals surface area contributed by atoms with Crippen LogP contribution in [0.2, 0.25) is 0 Å². The Kier molecular flexibility index (Phi) is 4.53. The molecule has 0 aliphatic rings. The zero-order valence-corrected chi connectivity index (χ0v) is 5.53. The molecule has 0 heterocycles. The molecule has 0 bridgehead atoms. The molecule has 0 fully saturated rings. The summed E-state index contributed by atoms with van der Waals surface area (Å²) in [5.74, 6) is 0. The Bertz CT molecular complexity index is 70.0. The van der Waals surface area contributed by atoms with Crippen molar-refractivity contribution in [3.05, 3.63) is 0 Å². The Morgan fingerprint density at radius 2 is 2.11 bits per heavy atom. The van der Waals surface area contributed by atoms with Crippen molar-refractivity contribution in [3.63, 3.8) is 0 Å². The molecule has 0 rings (SSSR count). The minimum atomic E-state index is -2.40. The van der Waals surface area contributed by atoms with E-state index in [4.69, 9.17) is 0 Å². The minimum absolute atomic E-state index is 0.189. The average molecular weight is 139 g/mol. The van der Waals surface area contributed by atoms with E-state index in [0.717, 1.165) is 0 Å². The highest BCUT2D eigenvalue weighted by Gasteiger charge is 2.17. The molecule has 0 aliphatic heterocycles. The smallest absolute Gasteiger partial charge is 0.265 e. The molecule has 0 aromatic carbocycles. The Balaban J connectivity index is 3.41. The maximum atomic E-state index is 11.7. The molecule has 4 heteroatoms. The fourth-order valence-electron chi connectivity index (χ4n) is 0.476. The summed E-state index contributed by atoms with van der Waals surface area (Å²) in [5, 5.41) is 2.60. The number of hydrogen-bond acceptors (Lipinski definition) is 2. The van der Waals surface area contributed by atoms with Crippen LogP contribution in [-0.2, 0) is 4.74 Å². The summed E-state index contributed by atoms with van der Waals surface area (Å²) in [6.45, 7) is 0.189. The largest absolute Gasteiger partial charge is 0.374 e. The van der Waals surface area contributed by atoms with E-state index < -0.39 is 12.5 Å². The predicted octanol–water partition coefficient (Wildman–Crippen LogP) is 0.486. The number of rotatable bonds is 4. The average Bonchev–Trinajstić information content (AvgIpc) is 1.82. The molecular formula is C5H11F2NO. The molecule has 0 amide bonds. The van der Waals surface area contributed by atoms with Crippen molar-refractivity contribution in [2.45, 2.75) is 12.5 Å². The molecule has 0 aromatic rings. The zero-order chi connectivity index (χ0) is 7.28. The fraction of sp³-hybridized carbons (Fsp3) is 1.00. The van der Waals surface area contributed by atoms with Gasteiger partial charge in [-0.3, -0.25) is 0 Å². The van der Waals surface area contributed by atoms with E-state index in [1.165, 1.54) is 7.11 Å². The molecular weight excluding hydrogens is 128 g/mol. The minimum Gasteiger partial charge on any atom is -0.374 e. The summed E-state index contributed by atoms with van der Waals surface area (Å²) in [4.78, 5) is 0. The van der Waals surface area contributed by atoms with E-state index in [2.05, 4.69) is 10.1 Å². The molecule has 1 N–H and O–H groups in total. The number of alkyl halides is 2. The Hall–Kier alpha value is -0.220. The quantitative estimate of drug-likeness (QED) is 0.612. The molecule has 1 atom stereocenters. The molecule has 0 spiro atoms. The summed E-state index contributed by atoms with van der Waals surface area (Å²) >= 11 is 0. The third-order valence-electron chi connectivity index (χ3n) is 0.989. The highest BCUT2D eigenvalue weighted by molar-refractivity contribution is 4.60. The van der Waals surface area contributed by atoms with E-state index in [-0.39, 0.29) is 6.54 Å². The van der Waals surface area contributed by atoms with Gasteiger partial charge in [-0.15, -0.1) is 0 Å². The van der Waals surface area contributed by atoms with Crippen LogP contribution in [-0.4, -0.2) is 33.2 Å². The lowest BCUT2D eigenvalue weighted by Crippen LogP contribution is -2.31. The lowest BCUT2D eigenvalue weighted by atomic mass is 10.4. The Labute approximate surface area is 53.2 Å². The van der Waals surface area contributed by atoms with Crippen molar-refractivity contribution < 1.29 is 13.5 Å². The van der Waals surface area contributed by atoms with Gasteiger partial charge in [0.15, 0.2) is 0 Å². The first-order valence-electron chi connectivity index (χ1n) is 2.68. The topological polar surface area (TPSA) is 21.3 Å². The lowest BCUT2D eigenvalue weighted by Gasteiger charge is -2.12. The van der Waals surface area contributed by atoms with E-state index in [1.807, 2.05) is 0 Å². The van der Waals surface area contributed by atoms with E-state index in [9.17, 15) is 8.78 Å². The van der Waals surface area contributed by atoms with E-state index >= 15 is 0 Å². The number of hydrogen-bond donors (Lipinski definition) is 1. The van der Waals surface area contributed by atoms with Crippen LogP contribution in [0.1, 0.15) is 0 Å². The van der Waals surface area contributed by atoms with Crippen molar-refractivity contribution in [1.82, 2.24) is 5.32 Å². The van der Waals surface area contributed by atoms with Crippen molar-refractivity contribution in [2.75, 3.05) is 20.7 Å². The number of likely N-dealkylation sites (N-methyl/N-ethyl adjacent to an activating group) is 1. The molecule has 0 radical (unpaired) electrons. The van der Waals surface area contributed by atoms with Crippen LogP contribution in [0.25, 0.3) is 0 Å². The van der Waals surface area contributed by atoms with Gasteiger partial charge in [0, 0.05) is 13.7 Å². The first-order chi connectivity index (χ1) is 4.22. The maximum Gasteiger partial charge on any atom is 0.265 e. The van der Waals surface area contributed by atoms with E-state index in [0.29, 0.717) is 0 Å². The Morgan fingerprint density at radius 3 is 2.22 bits per heavy atom. The summed E-state index contributed by atoms with van der Waals surface area (Å²) in [5.41, 5.74) is 0. The van der Waals surface area contributed by atoms with Crippen LogP contribution in [0, 0.1) is 0 Å². The molecule has 2 nitrogen and oxygen atoms in total. The fourth-order valence-corrected chi connectivity index (χ4v) is 0.476. The van der Waals surface area contributed by atoms with Crippen LogP contribution in [0.4, 0.5) is 8.78 Å². The van der Waals surface area contributed by atoms with Crippen molar-refractivity contribution >= 4 is 0 Å². The van der Waals surface area contributed by atoms with Gasteiger partial charge < -0.3 is 10.1 Å². The third-order valence-corrected chi connectivity index (χ3v) is 0.989. The summed E-state index contributed by atoms with van der Waals surface area (Å²) in [7, 11) is 2.88. The van der Waals surface area contributed by atoms with Gasteiger partial charge in [-0.2, -0.15) is 0 Å². The Morgan fingerprint density at radius 1 is 1.56 bits per heavy atom. The predicted molar refractivity (Wildman–Crippen MR) is 30.7 cm³/mol. The number of halogens is 2. The first-order valence-corrected chi connectivity index (χ1v) is 2.68. The number of nitrogens with one attached hydrogen (secondary N) is 1. The van der Waals surface area contributed by atoms with Crippen molar-refractivity contribution in [3.8, 4) is 0 Å². The summed E-state index contributed by atoms with van der Waals surface area (Å²) in [6, 6.07) is 0. The highest BCUT2D eigenvalue weighted by Crippen LogP contribution is 2.02. The molecule has 0 unspecified atom stereocenters. The molecule has 56 valence electrons. The molecule has 0 saturated heterocycles. The molecule has 0 aliphatic carbocycles. The third kappa shape index (κ3) is 3.37. The van der Waals surface area contributed by atoms with E-state index in [1.54, 1.807) is 7.05 Å². The van der Waals surface area contributed by atoms with Gasteiger partial charge in [0.2, 0.25) is 0 Å². The summed E-state index contributed by atoms with van der Waals surface area (Å²) < 4.78 is 27.9. The van der Waals surface area contributed by atoms with Gasteiger partial charge in [-0.25, -0.2) is 8.78 Å². The monoisotopic (exact) mass is 139 g/mol. The van der Waals surface area contributed by atoms with Gasteiger partial charge in [0.1, 0.15) is 6.10 Å². The van der Waals surface area contributed by atoms with Gasteiger partial charge in [-0.1, -0.05) is 0 Å². The molecule has 9 heavy (non-hydrogen) atoms. The van der Waals surface area contributed by atoms with Crippen LogP contribution in [0.15, 0.2) is 0 Å². The zero-order valence-electron chi connectivity index (χ0n) is 5.53. The second kappa shape index (κ2) is 4.64. The maximum absolute atomic E-state index is 11.7.